The molecule has 2 heterocycles. The number of nitrogens with zero attached hydrogens (tertiary/aromatic N) is 5. The summed E-state index contributed by atoms with van der Waals surface area (Å²) in [5.74, 6) is 0.207. The minimum absolute atomic E-state index is 0.0863. The Balaban J connectivity index is 1.55. The van der Waals surface area contributed by atoms with Crippen molar-refractivity contribution in [3.05, 3.63) is 71.2 Å². The van der Waals surface area contributed by atoms with Crippen LogP contribution in [0.3, 0.4) is 0 Å². The molecule has 1 amide bonds. The maximum absolute atomic E-state index is 13.7. The van der Waals surface area contributed by atoms with Crippen molar-refractivity contribution in [1.82, 2.24) is 14.9 Å². The Bertz CT molecular complexity index is 1470. The lowest BCUT2D eigenvalue weighted by Gasteiger charge is -2.18. The molecule has 0 radical (unpaired) electrons. The van der Waals surface area contributed by atoms with Crippen LogP contribution in [0.5, 0.6) is 0 Å². The second-order valence-electron chi connectivity index (χ2n) is 10.0. The third-order valence-electron chi connectivity index (χ3n) is 6.70. The van der Waals surface area contributed by atoms with Crippen molar-refractivity contribution in [3.63, 3.8) is 0 Å². The number of aliphatic imine (C=N–C) groups is 2. The summed E-state index contributed by atoms with van der Waals surface area (Å²) in [6.07, 6.45) is 2.04. The van der Waals surface area contributed by atoms with Crippen molar-refractivity contribution in [2.24, 2.45) is 9.98 Å². The average Bonchev–Trinajstić information content (AvgIpc) is 3.48. The van der Waals surface area contributed by atoms with Gasteiger partial charge in [0.1, 0.15) is 12.0 Å². The zero-order valence-electron chi connectivity index (χ0n) is 24.3. The molecule has 1 fully saturated rings. The van der Waals surface area contributed by atoms with Crippen LogP contribution in [-0.4, -0.2) is 66.3 Å². The van der Waals surface area contributed by atoms with E-state index < -0.39 is 17.6 Å². The van der Waals surface area contributed by atoms with E-state index in [1.807, 2.05) is 6.92 Å². The minimum atomic E-state index is -4.54. The number of halogens is 3. The maximum atomic E-state index is 13.7. The maximum Gasteiger partial charge on any atom is 0.416 e. The molecule has 0 atom stereocenters. The average molecular weight is 597 g/mol. The van der Waals surface area contributed by atoms with Crippen LogP contribution < -0.4 is 16.0 Å². The van der Waals surface area contributed by atoms with Crippen LogP contribution >= 0.6 is 0 Å². The normalized spacial score (nSPS) is 14.3. The summed E-state index contributed by atoms with van der Waals surface area (Å²) in [7, 11) is 1.59. The Labute approximate surface area is 248 Å². The molecule has 3 aromatic rings. The third kappa shape index (κ3) is 9.06. The number of amides is 1. The van der Waals surface area contributed by atoms with Crippen LogP contribution in [0.4, 0.5) is 36.1 Å². The van der Waals surface area contributed by atoms with Gasteiger partial charge in [-0.3, -0.25) is 9.69 Å². The predicted molar refractivity (Wildman–Crippen MR) is 162 cm³/mol. The molecule has 0 bridgehead atoms. The van der Waals surface area contributed by atoms with Crippen molar-refractivity contribution < 1.29 is 22.7 Å². The molecular weight excluding hydrogens is 561 g/mol. The first-order chi connectivity index (χ1) is 20.7. The molecule has 1 aromatic heterocycles. The highest BCUT2D eigenvalue weighted by molar-refractivity contribution is 6.05. The number of hydrogen-bond acceptors (Lipinski definition) is 7. The number of nitrogens with one attached hydrogen (secondary N) is 3. The van der Waals surface area contributed by atoms with Gasteiger partial charge >= 0.3 is 6.18 Å². The van der Waals surface area contributed by atoms with Crippen molar-refractivity contribution in [1.29, 1.82) is 0 Å². The van der Waals surface area contributed by atoms with Gasteiger partial charge in [-0.05, 0) is 81.2 Å². The SMILES string of the molecule is CC=NC(=NCCOC)Nc1cncnc1Nc1cc(C(=O)Nc2cc(CN3CCCC3)cc(C(F)(F)F)c2)ccc1C. The van der Waals surface area contributed by atoms with Crippen LogP contribution in [0.2, 0.25) is 0 Å². The Morgan fingerprint density at radius 3 is 2.63 bits per heavy atom. The fraction of sp³-hybridized carbons (Fsp3) is 0.367. The Hall–Kier alpha value is -4.36. The first-order valence-electron chi connectivity index (χ1n) is 13.9. The van der Waals surface area contributed by atoms with Crippen molar-refractivity contribution in [2.45, 2.75) is 39.4 Å². The molecule has 1 aliphatic rings. The number of methoxy groups -OCH3 is 1. The lowest BCUT2D eigenvalue weighted by Crippen LogP contribution is -2.20. The smallest absolute Gasteiger partial charge is 0.383 e. The number of carbonyl (C=O) groups is 1. The van der Waals surface area contributed by atoms with E-state index in [9.17, 15) is 18.0 Å². The van der Waals surface area contributed by atoms with E-state index in [2.05, 4.69) is 40.8 Å². The number of carbonyl (C=O) groups excluding carboxylic acids is 1. The zero-order chi connectivity index (χ0) is 30.8. The van der Waals surface area contributed by atoms with Gasteiger partial charge in [0.15, 0.2) is 5.82 Å². The summed E-state index contributed by atoms with van der Waals surface area (Å²) in [6, 6.07) is 8.69. The fourth-order valence-corrected chi connectivity index (χ4v) is 4.57. The summed E-state index contributed by atoms with van der Waals surface area (Å²) in [5.41, 5.74) is 1.93. The molecule has 0 aliphatic carbocycles. The van der Waals surface area contributed by atoms with Crippen molar-refractivity contribution in [3.8, 4) is 0 Å². The number of benzene rings is 2. The van der Waals surface area contributed by atoms with Crippen LogP contribution in [0.25, 0.3) is 0 Å². The van der Waals surface area contributed by atoms with Gasteiger partial charge in [0.2, 0.25) is 5.96 Å². The third-order valence-corrected chi connectivity index (χ3v) is 6.70. The van der Waals surface area contributed by atoms with Crippen molar-refractivity contribution >= 4 is 41.0 Å². The molecule has 2 aromatic carbocycles. The second kappa shape index (κ2) is 14.7. The van der Waals surface area contributed by atoms with E-state index in [4.69, 9.17) is 4.74 Å². The highest BCUT2D eigenvalue weighted by Crippen LogP contribution is 2.33. The van der Waals surface area contributed by atoms with E-state index in [1.165, 1.54) is 6.33 Å². The van der Waals surface area contributed by atoms with Crippen LogP contribution in [0, 0.1) is 6.92 Å². The first-order valence-corrected chi connectivity index (χ1v) is 13.9. The van der Waals surface area contributed by atoms with E-state index in [0.29, 0.717) is 48.4 Å². The number of ether oxygens (including phenoxy) is 1. The van der Waals surface area contributed by atoms with E-state index >= 15 is 0 Å². The number of likely N-dealkylation sites (tertiary alicyclic amines) is 1. The number of aromatic nitrogens is 2. The predicted octanol–water partition coefficient (Wildman–Crippen LogP) is 5.90. The largest absolute Gasteiger partial charge is 0.416 e. The highest BCUT2D eigenvalue weighted by atomic mass is 19.4. The molecule has 1 aliphatic heterocycles. The van der Waals surface area contributed by atoms with Gasteiger partial charge < -0.3 is 20.7 Å². The molecule has 0 saturated carbocycles. The Morgan fingerprint density at radius 1 is 1.12 bits per heavy atom. The molecule has 3 N–H and O–H groups in total. The molecule has 4 rings (SSSR count). The molecule has 43 heavy (non-hydrogen) atoms. The number of rotatable bonds is 10. The molecule has 10 nitrogen and oxygen atoms in total. The van der Waals surface area contributed by atoms with E-state index in [1.54, 1.807) is 50.7 Å². The van der Waals surface area contributed by atoms with Crippen molar-refractivity contribution in [2.75, 3.05) is 49.3 Å². The molecule has 0 unspecified atom stereocenters. The van der Waals surface area contributed by atoms with Crippen LogP contribution in [0.15, 0.2) is 58.9 Å². The number of aryl methyl sites for hydroxylation is 1. The minimum Gasteiger partial charge on any atom is -0.383 e. The summed E-state index contributed by atoms with van der Waals surface area (Å²) in [5, 5.41) is 8.97. The van der Waals surface area contributed by atoms with Gasteiger partial charge in [-0.15, -0.1) is 0 Å². The number of anilines is 4. The summed E-state index contributed by atoms with van der Waals surface area (Å²) in [6.45, 7) is 6.52. The van der Waals surface area contributed by atoms with Gasteiger partial charge in [-0.1, -0.05) is 6.07 Å². The molecular formula is C30H35F3N8O2. The van der Waals surface area contributed by atoms with E-state index in [0.717, 1.165) is 43.6 Å². The number of hydrogen-bond donors (Lipinski definition) is 3. The summed E-state index contributed by atoms with van der Waals surface area (Å²) >= 11 is 0. The standard InChI is InChI=1S/C30H35F3N8O2/c1-4-35-29(36-9-12-43-3)40-26-17-34-19-37-27(26)39-25-15-22(8-7-20(25)2)28(42)38-24-14-21(18-41-10-5-6-11-41)13-23(16-24)30(31,32)33/h4,7-8,13-17,19H,5-6,9-12,18H2,1-3H3,(H,36,40)(H,38,42)(H,34,37,39). The van der Waals surface area contributed by atoms with E-state index in [-0.39, 0.29) is 11.3 Å². The topological polar surface area (TPSA) is 116 Å². The second-order valence-corrected chi connectivity index (χ2v) is 10.0. The lowest BCUT2D eigenvalue weighted by atomic mass is 10.1. The molecule has 13 heteroatoms. The van der Waals surface area contributed by atoms with Gasteiger partial charge in [-0.2, -0.15) is 13.2 Å². The fourth-order valence-electron chi connectivity index (χ4n) is 4.57. The molecule has 228 valence electrons. The Morgan fingerprint density at radius 2 is 1.91 bits per heavy atom. The van der Waals surface area contributed by atoms with Crippen LogP contribution in [-0.2, 0) is 17.5 Å². The highest BCUT2D eigenvalue weighted by Gasteiger charge is 2.31. The summed E-state index contributed by atoms with van der Waals surface area (Å²) < 4.78 is 46.1. The number of alkyl halides is 3. The summed E-state index contributed by atoms with van der Waals surface area (Å²) in [4.78, 5) is 32.4. The Kier molecular flexibility index (Phi) is 10.8. The van der Waals surface area contributed by atoms with Gasteiger partial charge in [0.05, 0.1) is 24.9 Å². The lowest BCUT2D eigenvalue weighted by molar-refractivity contribution is -0.137. The molecule has 0 spiro atoms. The first kappa shape index (κ1) is 31.6. The zero-order valence-corrected chi connectivity index (χ0v) is 24.3. The monoisotopic (exact) mass is 596 g/mol. The van der Waals surface area contributed by atoms with Gasteiger partial charge in [0.25, 0.3) is 5.91 Å². The number of guanidine groups is 1. The van der Waals surface area contributed by atoms with Gasteiger partial charge in [-0.25, -0.2) is 20.0 Å². The van der Waals surface area contributed by atoms with Gasteiger partial charge in [0, 0.05) is 36.8 Å². The van der Waals surface area contributed by atoms with Crippen LogP contribution in [0.1, 0.15) is 46.8 Å². The quantitative estimate of drug-likeness (QED) is 0.152. The molecule has 1 saturated heterocycles.